The third-order valence-electron chi connectivity index (χ3n) is 3.15. The molecule has 3 heteroatoms. The van der Waals surface area contributed by atoms with E-state index < -0.39 is 0 Å². The van der Waals surface area contributed by atoms with Gasteiger partial charge >= 0.3 is 0 Å². The van der Waals surface area contributed by atoms with Crippen molar-refractivity contribution in [1.29, 1.82) is 0 Å². The van der Waals surface area contributed by atoms with Crippen LogP contribution in [0.4, 0.5) is 0 Å². The minimum absolute atomic E-state index is 0.325. The Bertz CT molecular complexity index is 194. The number of hydrogen-bond acceptors (Lipinski definition) is 2. The highest BCUT2D eigenvalue weighted by Crippen LogP contribution is 2.09. The van der Waals surface area contributed by atoms with Crippen LogP contribution in [-0.2, 0) is 4.79 Å². The van der Waals surface area contributed by atoms with Crippen LogP contribution >= 0.6 is 0 Å². The van der Waals surface area contributed by atoms with Crippen molar-refractivity contribution < 1.29 is 4.79 Å². The van der Waals surface area contributed by atoms with Crippen LogP contribution in [0.5, 0.6) is 0 Å². The fraction of sp³-hybridized carbons (Fsp3) is 0.923. The third-order valence-corrected chi connectivity index (χ3v) is 3.15. The van der Waals surface area contributed by atoms with E-state index in [-0.39, 0.29) is 0 Å². The molecule has 1 amide bonds. The van der Waals surface area contributed by atoms with Gasteiger partial charge in [0.2, 0.25) is 5.91 Å². The Kier molecular flexibility index (Phi) is 6.46. The zero-order valence-electron chi connectivity index (χ0n) is 10.9. The van der Waals surface area contributed by atoms with Crippen LogP contribution < -0.4 is 0 Å². The van der Waals surface area contributed by atoms with Gasteiger partial charge in [-0.1, -0.05) is 20.3 Å². The topological polar surface area (TPSA) is 23.6 Å². The maximum atomic E-state index is 12.1. The molecule has 3 nitrogen and oxygen atoms in total. The Morgan fingerprint density at radius 1 is 1.06 bits per heavy atom. The summed E-state index contributed by atoms with van der Waals surface area (Å²) in [6.45, 7) is 8.96. The van der Waals surface area contributed by atoms with Gasteiger partial charge in [-0.2, -0.15) is 0 Å². The number of piperidine rings is 1. The maximum Gasteiger partial charge on any atom is 0.236 e. The minimum Gasteiger partial charge on any atom is -0.342 e. The van der Waals surface area contributed by atoms with Crippen molar-refractivity contribution >= 4 is 5.91 Å². The average Bonchev–Trinajstić information content (AvgIpc) is 2.30. The lowest BCUT2D eigenvalue weighted by atomic mass is 10.1. The Labute approximate surface area is 99.8 Å². The molecular formula is C13H26N2O. The molecule has 0 atom stereocenters. The first-order valence-corrected chi connectivity index (χ1v) is 6.78. The summed E-state index contributed by atoms with van der Waals surface area (Å²) in [4.78, 5) is 16.4. The van der Waals surface area contributed by atoms with E-state index in [4.69, 9.17) is 0 Å². The molecule has 1 fully saturated rings. The molecule has 1 heterocycles. The summed E-state index contributed by atoms with van der Waals surface area (Å²) in [6.07, 6.45) is 5.97. The molecule has 0 radical (unpaired) electrons. The fourth-order valence-electron chi connectivity index (χ4n) is 2.31. The monoisotopic (exact) mass is 226 g/mol. The van der Waals surface area contributed by atoms with Gasteiger partial charge in [0.25, 0.3) is 0 Å². The lowest BCUT2D eigenvalue weighted by Gasteiger charge is -2.29. The maximum absolute atomic E-state index is 12.1. The van der Waals surface area contributed by atoms with Crippen molar-refractivity contribution in [3.8, 4) is 0 Å². The molecule has 0 saturated carbocycles. The summed E-state index contributed by atoms with van der Waals surface area (Å²) in [6, 6.07) is 0. The molecule has 0 spiro atoms. The van der Waals surface area contributed by atoms with Gasteiger partial charge in [0, 0.05) is 13.1 Å². The van der Waals surface area contributed by atoms with Gasteiger partial charge in [0.1, 0.15) is 0 Å². The molecule has 0 aromatic carbocycles. The van der Waals surface area contributed by atoms with E-state index in [9.17, 15) is 4.79 Å². The molecular weight excluding hydrogens is 200 g/mol. The van der Waals surface area contributed by atoms with Crippen molar-refractivity contribution in [3.63, 3.8) is 0 Å². The highest BCUT2D eigenvalue weighted by Gasteiger charge is 2.17. The first-order valence-electron chi connectivity index (χ1n) is 6.78. The van der Waals surface area contributed by atoms with E-state index in [1.165, 1.54) is 19.3 Å². The molecule has 0 unspecified atom stereocenters. The standard InChI is InChI=1S/C13H26N2O/c1-3-8-15(9-4-2)13(16)12-14-10-6-5-7-11-14/h3-12H2,1-2H3. The second-order valence-corrected chi connectivity index (χ2v) is 4.72. The Morgan fingerprint density at radius 2 is 1.62 bits per heavy atom. The van der Waals surface area contributed by atoms with Crippen molar-refractivity contribution in [3.05, 3.63) is 0 Å². The summed E-state index contributed by atoms with van der Waals surface area (Å²) in [5.74, 6) is 0.325. The van der Waals surface area contributed by atoms with Crippen LogP contribution in [-0.4, -0.2) is 48.4 Å². The largest absolute Gasteiger partial charge is 0.342 e. The summed E-state index contributed by atoms with van der Waals surface area (Å²) in [5, 5.41) is 0. The normalized spacial score (nSPS) is 17.4. The molecule has 1 rings (SSSR count). The molecule has 0 bridgehead atoms. The van der Waals surface area contributed by atoms with Crippen molar-refractivity contribution in [1.82, 2.24) is 9.80 Å². The van der Waals surface area contributed by atoms with Crippen molar-refractivity contribution in [2.45, 2.75) is 46.0 Å². The Hall–Kier alpha value is -0.570. The highest BCUT2D eigenvalue weighted by molar-refractivity contribution is 5.78. The number of carbonyl (C=O) groups is 1. The number of hydrogen-bond donors (Lipinski definition) is 0. The Morgan fingerprint density at radius 3 is 2.12 bits per heavy atom. The zero-order chi connectivity index (χ0) is 11.8. The quantitative estimate of drug-likeness (QED) is 0.692. The summed E-state index contributed by atoms with van der Waals surface area (Å²) in [5.41, 5.74) is 0. The first kappa shape index (κ1) is 13.5. The van der Waals surface area contributed by atoms with Gasteiger partial charge in [-0.3, -0.25) is 9.69 Å². The highest BCUT2D eigenvalue weighted by atomic mass is 16.2. The number of amides is 1. The molecule has 1 saturated heterocycles. The van der Waals surface area contributed by atoms with Crippen molar-refractivity contribution in [2.24, 2.45) is 0 Å². The van der Waals surface area contributed by atoms with Gasteiger partial charge in [0.05, 0.1) is 6.54 Å². The van der Waals surface area contributed by atoms with Gasteiger partial charge < -0.3 is 4.90 Å². The van der Waals surface area contributed by atoms with E-state index in [1.807, 2.05) is 4.90 Å². The van der Waals surface area contributed by atoms with Crippen LogP contribution in [0, 0.1) is 0 Å². The van der Waals surface area contributed by atoms with Crippen LogP contribution in [0.1, 0.15) is 46.0 Å². The molecule has 1 aliphatic heterocycles. The SMILES string of the molecule is CCCN(CCC)C(=O)CN1CCCCC1. The second kappa shape index (κ2) is 7.66. The van der Waals surface area contributed by atoms with Crippen LogP contribution in [0.15, 0.2) is 0 Å². The number of nitrogens with zero attached hydrogens (tertiary/aromatic N) is 2. The van der Waals surface area contributed by atoms with E-state index in [1.54, 1.807) is 0 Å². The zero-order valence-corrected chi connectivity index (χ0v) is 10.9. The lowest BCUT2D eigenvalue weighted by Crippen LogP contribution is -2.42. The molecule has 0 aliphatic carbocycles. The van der Waals surface area contributed by atoms with E-state index in [2.05, 4.69) is 18.7 Å². The molecule has 94 valence electrons. The minimum atomic E-state index is 0.325. The smallest absolute Gasteiger partial charge is 0.236 e. The van der Waals surface area contributed by atoms with Gasteiger partial charge in [-0.05, 0) is 38.8 Å². The molecule has 0 aromatic heterocycles. The lowest BCUT2D eigenvalue weighted by molar-refractivity contribution is -0.132. The molecule has 0 aromatic rings. The number of rotatable bonds is 6. The predicted molar refractivity (Wildman–Crippen MR) is 67.5 cm³/mol. The molecule has 16 heavy (non-hydrogen) atoms. The molecule has 0 N–H and O–H groups in total. The van der Waals surface area contributed by atoms with Crippen LogP contribution in [0.3, 0.4) is 0 Å². The Balaban J connectivity index is 2.34. The molecule has 1 aliphatic rings. The first-order chi connectivity index (χ1) is 7.77. The third kappa shape index (κ3) is 4.52. The van der Waals surface area contributed by atoms with E-state index in [0.717, 1.165) is 39.0 Å². The fourth-order valence-corrected chi connectivity index (χ4v) is 2.31. The van der Waals surface area contributed by atoms with Crippen LogP contribution in [0.2, 0.25) is 0 Å². The summed E-state index contributed by atoms with van der Waals surface area (Å²) < 4.78 is 0. The van der Waals surface area contributed by atoms with Gasteiger partial charge in [-0.15, -0.1) is 0 Å². The van der Waals surface area contributed by atoms with Gasteiger partial charge in [-0.25, -0.2) is 0 Å². The van der Waals surface area contributed by atoms with Crippen molar-refractivity contribution in [2.75, 3.05) is 32.7 Å². The number of carbonyl (C=O) groups excluding carboxylic acids is 1. The second-order valence-electron chi connectivity index (χ2n) is 4.72. The average molecular weight is 226 g/mol. The van der Waals surface area contributed by atoms with E-state index >= 15 is 0 Å². The van der Waals surface area contributed by atoms with Gasteiger partial charge in [0.15, 0.2) is 0 Å². The van der Waals surface area contributed by atoms with E-state index in [0.29, 0.717) is 12.5 Å². The number of likely N-dealkylation sites (tertiary alicyclic amines) is 1. The summed E-state index contributed by atoms with van der Waals surface area (Å²) >= 11 is 0. The predicted octanol–water partition coefficient (Wildman–Crippen LogP) is 2.12. The van der Waals surface area contributed by atoms with Crippen LogP contribution in [0.25, 0.3) is 0 Å². The summed E-state index contributed by atoms with van der Waals surface area (Å²) in [7, 11) is 0.